The van der Waals surface area contributed by atoms with Crippen LogP contribution in [-0.2, 0) is 19.1 Å². The summed E-state index contributed by atoms with van der Waals surface area (Å²) in [6.45, 7) is 8.67. The Kier molecular flexibility index (Phi) is 5.06. The molecule has 0 aromatic heterocycles. The number of rotatable bonds is 5. The van der Waals surface area contributed by atoms with Crippen molar-refractivity contribution in [1.82, 2.24) is 15.5 Å². The lowest BCUT2D eigenvalue weighted by atomic mass is 10.3. The molecule has 1 fully saturated rings. The van der Waals surface area contributed by atoms with Gasteiger partial charge in [0.15, 0.2) is 0 Å². The van der Waals surface area contributed by atoms with Gasteiger partial charge in [-0.3, -0.25) is 14.4 Å². The van der Waals surface area contributed by atoms with Crippen LogP contribution in [0.3, 0.4) is 0 Å². The zero-order valence-corrected chi connectivity index (χ0v) is 9.90. The molecule has 0 bridgehead atoms. The van der Waals surface area contributed by atoms with E-state index in [0.717, 1.165) is 0 Å². The van der Waals surface area contributed by atoms with Gasteiger partial charge >= 0.3 is 0 Å². The number of morpholine rings is 1. The molecule has 0 aliphatic carbocycles. The van der Waals surface area contributed by atoms with Crippen LogP contribution >= 0.6 is 0 Å². The molecule has 7 nitrogen and oxygen atoms in total. The van der Waals surface area contributed by atoms with E-state index in [1.165, 1.54) is 4.90 Å². The molecule has 0 spiro atoms. The van der Waals surface area contributed by atoms with Crippen LogP contribution < -0.4 is 10.6 Å². The Hall–Kier alpha value is -2.15. The van der Waals surface area contributed by atoms with Crippen LogP contribution in [0.25, 0.3) is 0 Å². The molecule has 1 aliphatic heterocycles. The highest BCUT2D eigenvalue weighted by Crippen LogP contribution is 2.02. The largest absolute Gasteiger partial charge is 0.378 e. The summed E-state index contributed by atoms with van der Waals surface area (Å²) in [6, 6.07) is 0. The van der Waals surface area contributed by atoms with E-state index < -0.39 is 5.91 Å². The lowest BCUT2D eigenvalue weighted by Crippen LogP contribution is -2.44. The van der Waals surface area contributed by atoms with Gasteiger partial charge in [-0.1, -0.05) is 13.2 Å². The van der Waals surface area contributed by atoms with Crippen molar-refractivity contribution in [2.45, 2.75) is 0 Å². The maximum absolute atomic E-state index is 11.9. The smallest absolute Gasteiger partial charge is 0.271 e. The van der Waals surface area contributed by atoms with Crippen LogP contribution in [0.5, 0.6) is 0 Å². The summed E-state index contributed by atoms with van der Waals surface area (Å²) in [6.07, 6.45) is 0.328. The van der Waals surface area contributed by atoms with Crippen LogP contribution in [0.1, 0.15) is 0 Å². The number of carbonyl (C=O) groups excluding carboxylic acids is 3. The molecule has 0 radical (unpaired) electrons. The Morgan fingerprint density at radius 2 is 1.78 bits per heavy atom. The SMILES string of the molecule is C=C(NC=O)C(=O)NC(=C)C(=O)N1CCOCC1. The molecule has 3 amide bonds. The number of amides is 3. The van der Waals surface area contributed by atoms with Gasteiger partial charge in [0.25, 0.3) is 11.8 Å². The summed E-state index contributed by atoms with van der Waals surface area (Å²) >= 11 is 0. The molecule has 98 valence electrons. The minimum Gasteiger partial charge on any atom is -0.378 e. The summed E-state index contributed by atoms with van der Waals surface area (Å²) in [5.74, 6) is -1.04. The third kappa shape index (κ3) is 3.70. The summed E-state index contributed by atoms with van der Waals surface area (Å²) in [5.41, 5.74) is -0.211. The molecule has 0 unspecified atom stereocenters. The molecule has 7 heteroatoms. The third-order valence-corrected chi connectivity index (χ3v) is 2.33. The van der Waals surface area contributed by atoms with Gasteiger partial charge in [-0.15, -0.1) is 0 Å². The van der Waals surface area contributed by atoms with E-state index in [0.29, 0.717) is 32.7 Å². The molecule has 1 heterocycles. The predicted molar refractivity (Wildman–Crippen MR) is 63.0 cm³/mol. The van der Waals surface area contributed by atoms with Crippen LogP contribution in [0.4, 0.5) is 0 Å². The topological polar surface area (TPSA) is 87.7 Å². The highest BCUT2D eigenvalue weighted by Gasteiger charge is 2.21. The van der Waals surface area contributed by atoms with Gasteiger partial charge in [0.05, 0.1) is 24.6 Å². The van der Waals surface area contributed by atoms with Crippen molar-refractivity contribution >= 4 is 18.2 Å². The highest BCUT2D eigenvalue weighted by molar-refractivity contribution is 6.02. The third-order valence-electron chi connectivity index (χ3n) is 2.33. The monoisotopic (exact) mass is 253 g/mol. The molecular formula is C11H15N3O4. The molecule has 0 aromatic carbocycles. The lowest BCUT2D eigenvalue weighted by molar-refractivity contribution is -0.132. The van der Waals surface area contributed by atoms with Crippen molar-refractivity contribution in [2.75, 3.05) is 26.3 Å². The zero-order chi connectivity index (χ0) is 13.5. The first-order chi connectivity index (χ1) is 8.56. The molecule has 1 saturated heterocycles. The fourth-order valence-corrected chi connectivity index (χ4v) is 1.36. The quantitative estimate of drug-likeness (QED) is 0.472. The summed E-state index contributed by atoms with van der Waals surface area (Å²) in [7, 11) is 0. The van der Waals surface area contributed by atoms with Crippen molar-refractivity contribution < 1.29 is 19.1 Å². The maximum atomic E-state index is 11.9. The van der Waals surface area contributed by atoms with Crippen LogP contribution in [0.2, 0.25) is 0 Å². The number of hydrogen-bond donors (Lipinski definition) is 2. The van der Waals surface area contributed by atoms with Gasteiger partial charge in [0, 0.05) is 13.1 Å². The lowest BCUT2D eigenvalue weighted by Gasteiger charge is -2.27. The fraction of sp³-hybridized carbons (Fsp3) is 0.364. The summed E-state index contributed by atoms with van der Waals surface area (Å²) in [4.78, 5) is 34.9. The van der Waals surface area contributed by atoms with Crippen molar-refractivity contribution in [3.63, 3.8) is 0 Å². The standard InChI is InChI=1S/C11H15N3O4/c1-8(12-7-15)10(16)13-9(2)11(17)14-3-5-18-6-4-14/h7H,1-6H2,(H,12,15)(H,13,16). The van der Waals surface area contributed by atoms with E-state index in [-0.39, 0.29) is 17.3 Å². The van der Waals surface area contributed by atoms with Gasteiger partial charge in [-0.25, -0.2) is 0 Å². The Balaban J connectivity index is 2.48. The van der Waals surface area contributed by atoms with E-state index in [1.807, 2.05) is 0 Å². The van der Waals surface area contributed by atoms with E-state index in [2.05, 4.69) is 23.8 Å². The first-order valence-electron chi connectivity index (χ1n) is 5.32. The van der Waals surface area contributed by atoms with Gasteiger partial charge in [0.1, 0.15) is 0 Å². The van der Waals surface area contributed by atoms with Crippen LogP contribution in [-0.4, -0.2) is 49.4 Å². The number of nitrogens with zero attached hydrogens (tertiary/aromatic N) is 1. The second-order valence-electron chi connectivity index (χ2n) is 3.58. The summed E-state index contributed by atoms with van der Waals surface area (Å²) < 4.78 is 5.11. The fourth-order valence-electron chi connectivity index (χ4n) is 1.36. The van der Waals surface area contributed by atoms with Gasteiger partial charge in [-0.05, 0) is 0 Å². The van der Waals surface area contributed by atoms with E-state index in [1.54, 1.807) is 0 Å². The van der Waals surface area contributed by atoms with Gasteiger partial charge in [0.2, 0.25) is 6.41 Å². The Morgan fingerprint density at radius 3 is 2.33 bits per heavy atom. The number of ether oxygens (including phenoxy) is 1. The second-order valence-corrected chi connectivity index (χ2v) is 3.58. The number of carbonyl (C=O) groups is 3. The van der Waals surface area contributed by atoms with Crippen LogP contribution in [0.15, 0.2) is 24.6 Å². The van der Waals surface area contributed by atoms with Crippen molar-refractivity contribution in [1.29, 1.82) is 0 Å². The molecule has 1 rings (SSSR count). The maximum Gasteiger partial charge on any atom is 0.271 e. The molecule has 1 aliphatic rings. The second kappa shape index (κ2) is 6.55. The summed E-state index contributed by atoms with van der Waals surface area (Å²) in [5, 5.41) is 4.37. The number of nitrogens with one attached hydrogen (secondary N) is 2. The molecule has 0 saturated carbocycles. The van der Waals surface area contributed by atoms with Gasteiger partial charge < -0.3 is 20.3 Å². The van der Waals surface area contributed by atoms with Crippen LogP contribution in [0, 0.1) is 0 Å². The molecular weight excluding hydrogens is 238 g/mol. The van der Waals surface area contributed by atoms with E-state index in [4.69, 9.17) is 4.74 Å². The number of hydrogen-bond acceptors (Lipinski definition) is 4. The minimum atomic E-state index is -0.672. The van der Waals surface area contributed by atoms with Crippen molar-refractivity contribution in [2.24, 2.45) is 0 Å². The first-order valence-corrected chi connectivity index (χ1v) is 5.32. The van der Waals surface area contributed by atoms with Gasteiger partial charge in [-0.2, -0.15) is 0 Å². The highest BCUT2D eigenvalue weighted by atomic mass is 16.5. The average Bonchev–Trinajstić information content (AvgIpc) is 2.39. The minimum absolute atomic E-state index is 0.0595. The first kappa shape index (κ1) is 13.9. The molecule has 0 aromatic rings. The van der Waals surface area contributed by atoms with E-state index in [9.17, 15) is 14.4 Å². The molecule has 18 heavy (non-hydrogen) atoms. The van der Waals surface area contributed by atoms with E-state index >= 15 is 0 Å². The zero-order valence-electron chi connectivity index (χ0n) is 9.90. The molecule has 0 atom stereocenters. The average molecular weight is 253 g/mol. The van der Waals surface area contributed by atoms with Crippen molar-refractivity contribution in [3.05, 3.63) is 24.6 Å². The normalized spacial score (nSPS) is 14.6. The Morgan fingerprint density at radius 1 is 1.17 bits per heavy atom. The Labute approximate surface area is 104 Å². The predicted octanol–water partition coefficient (Wildman–Crippen LogP) is -1.27. The molecule has 2 N–H and O–H groups in total. The Bertz CT molecular complexity index is 386. The van der Waals surface area contributed by atoms with Crippen molar-refractivity contribution in [3.8, 4) is 0 Å².